The minimum absolute atomic E-state index is 0.0452. The topological polar surface area (TPSA) is 103 Å². The Hall–Kier alpha value is -3.90. The largest absolute Gasteiger partial charge is 0.434 e. The molecule has 0 saturated carbocycles. The van der Waals surface area contributed by atoms with E-state index in [2.05, 4.69) is 15.0 Å². The third kappa shape index (κ3) is 3.50. The standard InChI is InChI=1S/C24H19ClF3N7O2/c1-11-5-15-16(35-10-30-7-17(35)21(29)31-15)6-13(11)23(36)33(2)18-9-37-8-14-12(18)3-4-34-19(24(26,27)28)20(25)32-22(14)34/h3-7,10,18H,8-9H2,1-2H3,(H2,29,31). The molecule has 0 bridgehead atoms. The van der Waals surface area contributed by atoms with Crippen molar-refractivity contribution in [3.05, 3.63) is 70.0 Å². The Morgan fingerprint density at radius 1 is 1.24 bits per heavy atom. The molecule has 1 amide bonds. The molecule has 6 rings (SSSR count). The van der Waals surface area contributed by atoms with Crippen LogP contribution in [0, 0.1) is 6.92 Å². The van der Waals surface area contributed by atoms with Crippen LogP contribution in [0.25, 0.3) is 22.2 Å². The van der Waals surface area contributed by atoms with Crippen LogP contribution in [0.4, 0.5) is 19.0 Å². The molecule has 1 aliphatic rings. The lowest BCUT2D eigenvalue weighted by molar-refractivity contribution is -0.141. The van der Waals surface area contributed by atoms with Gasteiger partial charge in [-0.15, -0.1) is 0 Å². The van der Waals surface area contributed by atoms with Crippen LogP contribution in [-0.4, -0.2) is 48.2 Å². The smallest absolute Gasteiger partial charge is 0.382 e. The lowest BCUT2D eigenvalue weighted by Crippen LogP contribution is -2.37. The monoisotopic (exact) mass is 529 g/mol. The van der Waals surface area contributed by atoms with Crippen LogP contribution in [0.3, 0.4) is 0 Å². The van der Waals surface area contributed by atoms with Gasteiger partial charge >= 0.3 is 6.18 Å². The maximum atomic E-state index is 13.7. The van der Waals surface area contributed by atoms with E-state index in [1.54, 1.807) is 49.1 Å². The van der Waals surface area contributed by atoms with Gasteiger partial charge in [-0.2, -0.15) is 13.2 Å². The maximum Gasteiger partial charge on any atom is 0.434 e. The second-order valence-electron chi connectivity index (χ2n) is 8.94. The first kappa shape index (κ1) is 23.5. The third-order valence-electron chi connectivity index (χ3n) is 6.78. The van der Waals surface area contributed by atoms with E-state index in [0.717, 1.165) is 4.40 Å². The second kappa shape index (κ2) is 8.05. The fourth-order valence-electron chi connectivity index (χ4n) is 4.93. The highest BCUT2D eigenvalue weighted by atomic mass is 35.5. The Morgan fingerprint density at radius 3 is 2.78 bits per heavy atom. The van der Waals surface area contributed by atoms with Crippen LogP contribution in [0.2, 0.25) is 5.15 Å². The fraction of sp³-hybridized carbons (Fsp3) is 0.250. The van der Waals surface area contributed by atoms with Crippen molar-refractivity contribution in [2.75, 3.05) is 19.4 Å². The van der Waals surface area contributed by atoms with Gasteiger partial charge in [-0.25, -0.2) is 15.0 Å². The number of benzene rings is 1. The van der Waals surface area contributed by atoms with E-state index in [0.29, 0.717) is 44.6 Å². The molecule has 1 atom stereocenters. The van der Waals surface area contributed by atoms with E-state index >= 15 is 0 Å². The molecular weight excluding hydrogens is 511 g/mol. The average molecular weight is 530 g/mol. The highest BCUT2D eigenvalue weighted by Gasteiger charge is 2.39. The molecule has 0 fully saturated rings. The summed E-state index contributed by atoms with van der Waals surface area (Å²) in [6.07, 6.45) is -0.206. The molecule has 4 aromatic heterocycles. The molecule has 0 aliphatic carbocycles. The van der Waals surface area contributed by atoms with E-state index in [-0.39, 0.29) is 24.8 Å². The minimum Gasteiger partial charge on any atom is -0.382 e. The highest BCUT2D eigenvalue weighted by Crippen LogP contribution is 2.39. The molecule has 1 aliphatic heterocycles. The molecule has 9 nitrogen and oxygen atoms in total. The number of fused-ring (bicyclic) bond motifs is 6. The zero-order valence-corrected chi connectivity index (χ0v) is 20.3. The van der Waals surface area contributed by atoms with Crippen molar-refractivity contribution in [3.63, 3.8) is 0 Å². The molecule has 5 aromatic rings. The number of anilines is 1. The molecule has 2 N–H and O–H groups in total. The number of ether oxygens (including phenoxy) is 1. The van der Waals surface area contributed by atoms with Gasteiger partial charge in [0.25, 0.3) is 5.91 Å². The van der Waals surface area contributed by atoms with E-state index in [9.17, 15) is 18.0 Å². The molecule has 1 aromatic carbocycles. The summed E-state index contributed by atoms with van der Waals surface area (Å²) in [6.45, 7) is 2.02. The summed E-state index contributed by atoms with van der Waals surface area (Å²) in [6, 6.07) is 4.52. The van der Waals surface area contributed by atoms with Gasteiger partial charge < -0.3 is 15.4 Å². The number of alkyl halides is 3. The minimum atomic E-state index is -4.68. The second-order valence-corrected chi connectivity index (χ2v) is 9.30. The Labute approximate surface area is 212 Å². The van der Waals surface area contributed by atoms with Crippen molar-refractivity contribution in [2.45, 2.75) is 25.7 Å². The number of nitrogen functional groups attached to an aromatic ring is 1. The van der Waals surface area contributed by atoms with Crippen molar-refractivity contribution in [2.24, 2.45) is 0 Å². The molecular formula is C24H19ClF3N7O2. The van der Waals surface area contributed by atoms with Crippen molar-refractivity contribution in [1.82, 2.24) is 28.7 Å². The zero-order chi connectivity index (χ0) is 26.2. The molecule has 1 unspecified atom stereocenters. The Bertz CT molecular complexity index is 1740. The Balaban J connectivity index is 1.43. The number of nitrogens with zero attached hydrogens (tertiary/aromatic N) is 6. The van der Waals surface area contributed by atoms with Crippen molar-refractivity contribution in [1.29, 1.82) is 0 Å². The molecule has 37 heavy (non-hydrogen) atoms. The van der Waals surface area contributed by atoms with Gasteiger partial charge in [-0.3, -0.25) is 13.6 Å². The predicted octanol–water partition coefficient (Wildman–Crippen LogP) is 4.44. The van der Waals surface area contributed by atoms with Gasteiger partial charge in [0.15, 0.2) is 10.8 Å². The number of carbonyl (C=O) groups is 1. The van der Waals surface area contributed by atoms with Crippen LogP contribution < -0.4 is 5.73 Å². The van der Waals surface area contributed by atoms with Gasteiger partial charge in [0.05, 0.1) is 42.8 Å². The summed E-state index contributed by atoms with van der Waals surface area (Å²) in [4.78, 5) is 27.8. The first-order valence-electron chi connectivity index (χ1n) is 11.2. The fourth-order valence-corrected chi connectivity index (χ4v) is 5.21. The number of carbonyl (C=O) groups excluding carboxylic acids is 1. The van der Waals surface area contributed by atoms with Crippen molar-refractivity contribution < 1.29 is 22.7 Å². The number of aryl methyl sites for hydroxylation is 1. The van der Waals surface area contributed by atoms with Gasteiger partial charge in [-0.05, 0) is 36.2 Å². The van der Waals surface area contributed by atoms with E-state index in [1.807, 2.05) is 0 Å². The van der Waals surface area contributed by atoms with Crippen LogP contribution in [-0.2, 0) is 17.5 Å². The number of rotatable bonds is 2. The Morgan fingerprint density at radius 2 is 2.03 bits per heavy atom. The normalized spacial score (nSPS) is 16.0. The molecule has 0 spiro atoms. The molecule has 190 valence electrons. The molecule has 5 heterocycles. The Kier molecular flexibility index (Phi) is 5.11. The average Bonchev–Trinajstić information content (AvgIpc) is 3.47. The quantitative estimate of drug-likeness (QED) is 0.363. The molecule has 13 heteroatoms. The summed E-state index contributed by atoms with van der Waals surface area (Å²) in [5.41, 5.74) is 9.17. The predicted molar refractivity (Wildman–Crippen MR) is 129 cm³/mol. The number of pyridine rings is 1. The summed E-state index contributed by atoms with van der Waals surface area (Å²) in [5.74, 6) is 0.0406. The lowest BCUT2D eigenvalue weighted by atomic mass is 9.98. The van der Waals surface area contributed by atoms with Gasteiger partial charge in [0.1, 0.15) is 17.0 Å². The van der Waals surface area contributed by atoms with Gasteiger partial charge in [0, 0.05) is 24.4 Å². The van der Waals surface area contributed by atoms with E-state index in [4.69, 9.17) is 22.1 Å². The number of halogens is 4. The van der Waals surface area contributed by atoms with Gasteiger partial charge in [-0.1, -0.05) is 11.6 Å². The number of hydrogen-bond donors (Lipinski definition) is 1. The van der Waals surface area contributed by atoms with Crippen molar-refractivity contribution in [3.8, 4) is 0 Å². The first-order chi connectivity index (χ1) is 17.6. The number of aromatic nitrogens is 5. The van der Waals surface area contributed by atoms with E-state index < -0.39 is 23.1 Å². The number of hydrogen-bond acceptors (Lipinski definition) is 6. The summed E-state index contributed by atoms with van der Waals surface area (Å²) in [7, 11) is 1.63. The summed E-state index contributed by atoms with van der Waals surface area (Å²) < 4.78 is 49.0. The van der Waals surface area contributed by atoms with Crippen LogP contribution in [0.5, 0.6) is 0 Å². The third-order valence-corrected chi connectivity index (χ3v) is 7.04. The number of likely N-dealkylation sites (N-methyl/N-ethyl adjacent to an activating group) is 1. The number of nitrogens with two attached hydrogens (primary N) is 1. The SMILES string of the molecule is Cc1cc2nc(N)c3cncn3c2cc1C(=O)N(C)C1COCc2c1ccn1c(C(F)(F)F)c(Cl)nc21. The number of imidazole rings is 2. The van der Waals surface area contributed by atoms with Gasteiger partial charge in [0.2, 0.25) is 0 Å². The highest BCUT2D eigenvalue weighted by molar-refractivity contribution is 6.30. The maximum absolute atomic E-state index is 13.7. The molecule has 0 saturated heterocycles. The van der Waals surface area contributed by atoms with E-state index in [1.165, 1.54) is 11.1 Å². The van der Waals surface area contributed by atoms with Crippen LogP contribution in [0.1, 0.15) is 38.8 Å². The molecule has 0 radical (unpaired) electrons. The summed E-state index contributed by atoms with van der Waals surface area (Å²) >= 11 is 5.86. The number of amides is 1. The first-order valence-corrected chi connectivity index (χ1v) is 11.6. The summed E-state index contributed by atoms with van der Waals surface area (Å²) in [5, 5.41) is -0.640. The van der Waals surface area contributed by atoms with Crippen LogP contribution >= 0.6 is 11.6 Å². The van der Waals surface area contributed by atoms with Crippen LogP contribution in [0.15, 0.2) is 36.9 Å². The zero-order valence-electron chi connectivity index (χ0n) is 19.5. The lowest BCUT2D eigenvalue weighted by Gasteiger charge is -2.33. The van der Waals surface area contributed by atoms with Crippen molar-refractivity contribution >= 4 is 45.5 Å².